The Morgan fingerprint density at radius 1 is 0.840 bits per heavy atom. The van der Waals surface area contributed by atoms with Crippen LogP contribution in [0.3, 0.4) is 0 Å². The Hall–Kier alpha value is -0.770. The summed E-state index contributed by atoms with van der Waals surface area (Å²) in [5.41, 5.74) is 2.36. The van der Waals surface area contributed by atoms with Gasteiger partial charge < -0.3 is 5.32 Å². The van der Waals surface area contributed by atoms with Crippen molar-refractivity contribution < 1.29 is 0 Å². The standard InChI is InChI=1S/C20H24Cl2N2.ClH/c21-19-7-3-1-5-17(19)14-24(13-16-9-11-23-12-10-16)15-18-6-2-4-8-20(18)22;/h1-8,16,23H,9-15H2;1H. The van der Waals surface area contributed by atoms with Crippen LogP contribution in [0.2, 0.25) is 10.0 Å². The first-order chi connectivity index (χ1) is 11.7. The topological polar surface area (TPSA) is 15.3 Å². The summed E-state index contributed by atoms with van der Waals surface area (Å²) in [6, 6.07) is 16.2. The molecule has 1 aliphatic heterocycles. The quantitative estimate of drug-likeness (QED) is 0.698. The summed E-state index contributed by atoms with van der Waals surface area (Å²) < 4.78 is 0. The van der Waals surface area contributed by atoms with Gasteiger partial charge in [0.15, 0.2) is 0 Å². The van der Waals surface area contributed by atoms with E-state index in [-0.39, 0.29) is 12.4 Å². The van der Waals surface area contributed by atoms with Crippen LogP contribution in [0.25, 0.3) is 0 Å². The molecular formula is C20H25Cl3N2. The van der Waals surface area contributed by atoms with Gasteiger partial charge in [0.25, 0.3) is 0 Å². The Morgan fingerprint density at radius 2 is 1.32 bits per heavy atom. The van der Waals surface area contributed by atoms with E-state index in [1.54, 1.807) is 0 Å². The van der Waals surface area contributed by atoms with Crippen LogP contribution in [0, 0.1) is 5.92 Å². The van der Waals surface area contributed by atoms with Gasteiger partial charge in [-0.1, -0.05) is 59.6 Å². The van der Waals surface area contributed by atoms with Crippen LogP contribution < -0.4 is 5.32 Å². The number of rotatable bonds is 6. The minimum absolute atomic E-state index is 0. The number of nitrogens with zero attached hydrogens (tertiary/aromatic N) is 1. The van der Waals surface area contributed by atoms with Gasteiger partial charge in [0.05, 0.1) is 0 Å². The van der Waals surface area contributed by atoms with Gasteiger partial charge in [-0.25, -0.2) is 0 Å². The first kappa shape index (κ1) is 20.5. The Bertz CT molecular complexity index is 609. The predicted octanol–water partition coefficient (Wildman–Crippen LogP) is 5.42. The SMILES string of the molecule is Cl.Clc1ccccc1CN(Cc1ccccc1Cl)CC1CCNCC1. The highest BCUT2D eigenvalue weighted by molar-refractivity contribution is 6.31. The molecule has 5 heteroatoms. The van der Waals surface area contributed by atoms with Gasteiger partial charge in [0, 0.05) is 29.7 Å². The van der Waals surface area contributed by atoms with E-state index in [0.717, 1.165) is 48.7 Å². The van der Waals surface area contributed by atoms with Crippen molar-refractivity contribution in [3.63, 3.8) is 0 Å². The number of hydrogen-bond acceptors (Lipinski definition) is 2. The average Bonchev–Trinajstić information content (AvgIpc) is 2.60. The van der Waals surface area contributed by atoms with Crippen LogP contribution in [-0.2, 0) is 13.1 Å². The molecule has 25 heavy (non-hydrogen) atoms. The first-order valence-corrected chi connectivity index (χ1v) is 9.38. The summed E-state index contributed by atoms with van der Waals surface area (Å²) in [4.78, 5) is 2.48. The van der Waals surface area contributed by atoms with Crippen molar-refractivity contribution in [2.75, 3.05) is 19.6 Å². The van der Waals surface area contributed by atoms with E-state index in [2.05, 4.69) is 34.5 Å². The van der Waals surface area contributed by atoms with Gasteiger partial charge in [-0.05, 0) is 55.1 Å². The molecule has 0 aliphatic carbocycles. The fourth-order valence-electron chi connectivity index (χ4n) is 3.35. The Balaban J connectivity index is 0.00000225. The minimum atomic E-state index is 0. The molecule has 0 amide bonds. The van der Waals surface area contributed by atoms with Crippen molar-refractivity contribution in [2.24, 2.45) is 5.92 Å². The van der Waals surface area contributed by atoms with E-state index in [4.69, 9.17) is 23.2 Å². The van der Waals surface area contributed by atoms with Crippen molar-refractivity contribution in [2.45, 2.75) is 25.9 Å². The van der Waals surface area contributed by atoms with Crippen molar-refractivity contribution in [3.05, 3.63) is 69.7 Å². The van der Waals surface area contributed by atoms with Crippen molar-refractivity contribution in [1.82, 2.24) is 10.2 Å². The van der Waals surface area contributed by atoms with E-state index in [1.807, 2.05) is 24.3 Å². The van der Waals surface area contributed by atoms with Crippen molar-refractivity contribution in [1.29, 1.82) is 0 Å². The van der Waals surface area contributed by atoms with E-state index >= 15 is 0 Å². The molecule has 0 atom stereocenters. The van der Waals surface area contributed by atoms with E-state index in [9.17, 15) is 0 Å². The second kappa shape index (κ2) is 10.4. The van der Waals surface area contributed by atoms with E-state index in [1.165, 1.54) is 24.0 Å². The number of halogens is 3. The van der Waals surface area contributed by atoms with Gasteiger partial charge in [0.2, 0.25) is 0 Å². The molecule has 0 bridgehead atoms. The van der Waals surface area contributed by atoms with Crippen LogP contribution in [0.5, 0.6) is 0 Å². The maximum Gasteiger partial charge on any atom is 0.0451 e. The molecule has 1 N–H and O–H groups in total. The molecule has 0 aromatic heterocycles. The van der Waals surface area contributed by atoms with Gasteiger partial charge in [-0.3, -0.25) is 4.90 Å². The van der Waals surface area contributed by atoms with Crippen molar-refractivity contribution in [3.8, 4) is 0 Å². The molecule has 1 aliphatic rings. The largest absolute Gasteiger partial charge is 0.317 e. The van der Waals surface area contributed by atoms with Gasteiger partial charge in [-0.2, -0.15) is 0 Å². The highest BCUT2D eigenvalue weighted by Gasteiger charge is 2.19. The maximum atomic E-state index is 6.38. The smallest absolute Gasteiger partial charge is 0.0451 e. The lowest BCUT2D eigenvalue weighted by Gasteiger charge is -2.30. The second-order valence-corrected chi connectivity index (χ2v) is 7.36. The predicted molar refractivity (Wildman–Crippen MR) is 110 cm³/mol. The third-order valence-corrected chi connectivity index (χ3v) is 5.42. The van der Waals surface area contributed by atoms with Crippen LogP contribution in [0.1, 0.15) is 24.0 Å². The Kier molecular flexibility index (Phi) is 8.54. The number of benzene rings is 2. The van der Waals surface area contributed by atoms with E-state index in [0.29, 0.717) is 0 Å². The molecule has 1 heterocycles. The van der Waals surface area contributed by atoms with Crippen LogP contribution in [-0.4, -0.2) is 24.5 Å². The molecule has 2 aromatic rings. The molecule has 0 radical (unpaired) electrons. The molecule has 2 aromatic carbocycles. The summed E-state index contributed by atoms with van der Waals surface area (Å²) in [6.07, 6.45) is 2.48. The second-order valence-electron chi connectivity index (χ2n) is 6.55. The summed E-state index contributed by atoms with van der Waals surface area (Å²) in [6.45, 7) is 5.04. The third-order valence-electron chi connectivity index (χ3n) is 4.68. The molecule has 3 rings (SSSR count). The normalized spacial score (nSPS) is 15.2. The monoisotopic (exact) mass is 398 g/mol. The lowest BCUT2D eigenvalue weighted by atomic mass is 9.97. The Morgan fingerprint density at radius 3 is 1.80 bits per heavy atom. The molecule has 1 fully saturated rings. The van der Waals surface area contributed by atoms with Crippen LogP contribution in [0.15, 0.2) is 48.5 Å². The summed E-state index contributed by atoms with van der Waals surface area (Å²) in [5, 5.41) is 5.12. The number of nitrogens with one attached hydrogen (secondary N) is 1. The fraction of sp³-hybridized carbons (Fsp3) is 0.400. The highest BCUT2D eigenvalue weighted by Crippen LogP contribution is 2.23. The van der Waals surface area contributed by atoms with E-state index < -0.39 is 0 Å². The molecule has 2 nitrogen and oxygen atoms in total. The molecule has 1 saturated heterocycles. The molecule has 0 saturated carbocycles. The minimum Gasteiger partial charge on any atom is -0.317 e. The lowest BCUT2D eigenvalue weighted by molar-refractivity contribution is 0.191. The number of hydrogen-bond donors (Lipinski definition) is 1. The summed E-state index contributed by atoms with van der Waals surface area (Å²) in [5.74, 6) is 0.733. The molecular weight excluding hydrogens is 375 g/mol. The highest BCUT2D eigenvalue weighted by atomic mass is 35.5. The zero-order chi connectivity index (χ0) is 16.8. The zero-order valence-corrected chi connectivity index (χ0v) is 16.6. The lowest BCUT2D eigenvalue weighted by Crippen LogP contribution is -2.35. The molecule has 0 unspecified atom stereocenters. The van der Waals surface area contributed by atoms with Gasteiger partial charge >= 0.3 is 0 Å². The third kappa shape index (κ3) is 6.16. The van der Waals surface area contributed by atoms with Crippen molar-refractivity contribution >= 4 is 35.6 Å². The average molecular weight is 400 g/mol. The van der Waals surface area contributed by atoms with Crippen LogP contribution in [0.4, 0.5) is 0 Å². The summed E-state index contributed by atoms with van der Waals surface area (Å²) >= 11 is 12.8. The van der Waals surface area contributed by atoms with Crippen LogP contribution >= 0.6 is 35.6 Å². The van der Waals surface area contributed by atoms with Gasteiger partial charge in [0.1, 0.15) is 0 Å². The number of piperidine rings is 1. The fourth-order valence-corrected chi connectivity index (χ4v) is 3.74. The molecule has 0 spiro atoms. The Labute approximate surface area is 166 Å². The summed E-state index contributed by atoms with van der Waals surface area (Å²) in [7, 11) is 0. The maximum absolute atomic E-state index is 6.38. The molecule has 136 valence electrons. The zero-order valence-electron chi connectivity index (χ0n) is 14.3. The van der Waals surface area contributed by atoms with Gasteiger partial charge in [-0.15, -0.1) is 12.4 Å². The first-order valence-electron chi connectivity index (χ1n) is 8.62.